The molecule has 4 atom stereocenters. The van der Waals surface area contributed by atoms with Crippen LogP contribution < -0.4 is 15.4 Å². The summed E-state index contributed by atoms with van der Waals surface area (Å²) in [5.74, 6) is -13.7. The van der Waals surface area contributed by atoms with Crippen LogP contribution in [0.2, 0.25) is 0 Å². The Labute approximate surface area is 313 Å². The van der Waals surface area contributed by atoms with Crippen molar-refractivity contribution in [2.75, 3.05) is 86.3 Å². The van der Waals surface area contributed by atoms with E-state index >= 15 is 0 Å². The minimum atomic E-state index is -2.34. The summed E-state index contributed by atoms with van der Waals surface area (Å²) < 4.78 is 102. The first-order valence-electron chi connectivity index (χ1n) is 17.4. The number of esters is 1. The van der Waals surface area contributed by atoms with Crippen molar-refractivity contribution in [3.63, 3.8) is 0 Å². The number of ether oxygens (including phenoxy) is 7. The molecule has 1 aromatic rings. The van der Waals surface area contributed by atoms with E-state index in [1.54, 1.807) is 7.11 Å². The van der Waals surface area contributed by atoms with E-state index in [-0.39, 0.29) is 38.4 Å². The number of aliphatic hydroxyl groups excluding tert-OH is 2. The Morgan fingerprint density at radius 2 is 1.37 bits per heavy atom. The van der Waals surface area contributed by atoms with Gasteiger partial charge in [0.2, 0.25) is 40.7 Å². The standard InChI is InChI=1S/C26H38F5NO7.C8H15NO4.CH3N/c1-4-18(2)19(5-8-34-3)17-32-7-10-36-12-14-38-16-15-37-13-11-35-9-6-20(33)39-26-24(30)22(28)21(27)23(29)25(26)31;1-5(10)9-3-6-2-7(11)8(12)4-13-6;1-2/h17-18,32H,4-16H2,1-3H3;6-8,11-12H,2-4H2,1H3,(H,9,10);2H,1H2/b19-17-;;. The predicted octanol–water partition coefficient (Wildman–Crippen LogP) is 3.20. The lowest BCUT2D eigenvalue weighted by molar-refractivity contribution is -0.136. The van der Waals surface area contributed by atoms with Crippen LogP contribution in [0.25, 0.3) is 0 Å². The Hall–Kier alpha value is -3.30. The fourth-order valence-corrected chi connectivity index (χ4v) is 4.27. The molecule has 1 heterocycles. The molecule has 14 nitrogen and oxygen atoms in total. The van der Waals surface area contributed by atoms with E-state index in [0.717, 1.165) is 12.8 Å². The summed E-state index contributed by atoms with van der Waals surface area (Å²) in [5.41, 5.74) is 1.32. The molecule has 19 heteroatoms. The van der Waals surface area contributed by atoms with Crippen LogP contribution in [0.1, 0.15) is 46.5 Å². The third kappa shape index (κ3) is 21.6. The van der Waals surface area contributed by atoms with Gasteiger partial charge in [-0.05, 0) is 37.3 Å². The van der Waals surface area contributed by atoms with Gasteiger partial charge >= 0.3 is 5.97 Å². The highest BCUT2D eigenvalue weighted by atomic mass is 19.2. The number of carbonyl (C=O) groups excluding carboxylic acids is 2. The number of benzene rings is 1. The van der Waals surface area contributed by atoms with Crippen LogP contribution in [0, 0.1) is 40.4 Å². The Balaban J connectivity index is 0.00000156. The molecular weight excluding hydrogens is 733 g/mol. The second-order valence-corrected chi connectivity index (χ2v) is 11.6. The summed E-state index contributed by atoms with van der Waals surface area (Å²) in [6, 6.07) is 0. The number of methoxy groups -OCH3 is 1. The van der Waals surface area contributed by atoms with Gasteiger partial charge in [-0.3, -0.25) is 9.59 Å². The maximum Gasteiger partial charge on any atom is 0.313 e. The largest absolute Gasteiger partial charge is 0.420 e. The lowest BCUT2D eigenvalue weighted by Gasteiger charge is -2.30. The molecule has 1 aliphatic rings. The van der Waals surface area contributed by atoms with Gasteiger partial charge in [-0.2, -0.15) is 8.78 Å². The number of halogens is 5. The second-order valence-electron chi connectivity index (χ2n) is 11.6. The first kappa shape index (κ1) is 50.7. The van der Waals surface area contributed by atoms with Crippen molar-refractivity contribution in [2.24, 2.45) is 5.92 Å². The van der Waals surface area contributed by atoms with Crippen molar-refractivity contribution in [3.8, 4) is 5.75 Å². The smallest absolute Gasteiger partial charge is 0.313 e. The van der Waals surface area contributed by atoms with Crippen LogP contribution in [-0.4, -0.2) is 133 Å². The quantitative estimate of drug-likeness (QED) is 0.0196. The van der Waals surface area contributed by atoms with Gasteiger partial charge in [-0.15, -0.1) is 0 Å². The summed E-state index contributed by atoms with van der Waals surface area (Å²) >= 11 is 0. The van der Waals surface area contributed by atoms with E-state index in [9.17, 15) is 36.6 Å². The van der Waals surface area contributed by atoms with Crippen LogP contribution in [0.4, 0.5) is 22.0 Å². The zero-order valence-corrected chi connectivity index (χ0v) is 31.4. The molecule has 1 saturated heterocycles. The van der Waals surface area contributed by atoms with Gasteiger partial charge in [0.05, 0.1) is 78.1 Å². The minimum Gasteiger partial charge on any atom is -0.420 e. The van der Waals surface area contributed by atoms with Gasteiger partial charge in [0.25, 0.3) is 0 Å². The average molecular weight is 790 g/mol. The van der Waals surface area contributed by atoms with E-state index in [0.29, 0.717) is 65.1 Å². The van der Waals surface area contributed by atoms with Crippen molar-refractivity contribution in [1.82, 2.24) is 10.6 Å². The summed E-state index contributed by atoms with van der Waals surface area (Å²) in [6.07, 6.45) is 2.16. The van der Waals surface area contributed by atoms with Crippen LogP contribution >= 0.6 is 0 Å². The molecule has 2 rings (SSSR count). The number of carbonyl (C=O) groups is 2. The number of aliphatic hydroxyl groups is 2. The summed E-state index contributed by atoms with van der Waals surface area (Å²) in [7, 11) is 1.69. The monoisotopic (exact) mass is 789 g/mol. The van der Waals surface area contributed by atoms with Gasteiger partial charge in [0.1, 0.15) is 6.10 Å². The Morgan fingerprint density at radius 3 is 1.87 bits per heavy atom. The Bertz CT molecular complexity index is 1210. The van der Waals surface area contributed by atoms with Crippen LogP contribution in [-0.2, 0) is 38.0 Å². The van der Waals surface area contributed by atoms with Crippen molar-refractivity contribution < 1.29 is 74.9 Å². The maximum absolute atomic E-state index is 13.5. The highest BCUT2D eigenvalue weighted by Crippen LogP contribution is 2.29. The first-order valence-corrected chi connectivity index (χ1v) is 17.4. The van der Waals surface area contributed by atoms with Gasteiger partial charge in [-0.1, -0.05) is 13.8 Å². The molecule has 1 amide bonds. The van der Waals surface area contributed by atoms with E-state index in [2.05, 4.69) is 35.9 Å². The summed E-state index contributed by atoms with van der Waals surface area (Å²) in [4.78, 5) is 22.2. The van der Waals surface area contributed by atoms with Crippen LogP contribution in [0.15, 0.2) is 11.8 Å². The number of amides is 1. The molecule has 1 fully saturated rings. The topological polar surface area (TPSA) is 187 Å². The Morgan fingerprint density at radius 1 is 0.852 bits per heavy atom. The third-order valence-electron chi connectivity index (χ3n) is 7.50. The second kappa shape index (κ2) is 31.0. The molecule has 0 saturated carbocycles. The number of hydrogen-bond donors (Lipinski definition) is 5. The predicted molar refractivity (Wildman–Crippen MR) is 187 cm³/mol. The molecule has 312 valence electrons. The Kier molecular flexibility index (Phi) is 29.1. The normalized spacial score (nSPS) is 17.4. The molecule has 1 aliphatic heterocycles. The lowest BCUT2D eigenvalue weighted by atomic mass is 9.97. The lowest BCUT2D eigenvalue weighted by Crippen LogP contribution is -2.45. The molecule has 0 aromatic heterocycles. The van der Waals surface area contributed by atoms with Crippen molar-refractivity contribution in [2.45, 2.75) is 64.8 Å². The summed E-state index contributed by atoms with van der Waals surface area (Å²) in [5, 5.41) is 29.7. The molecule has 1 aromatic carbocycles. The zero-order valence-electron chi connectivity index (χ0n) is 31.4. The molecule has 0 bridgehead atoms. The van der Waals surface area contributed by atoms with E-state index in [1.807, 2.05) is 6.20 Å². The molecule has 0 spiro atoms. The van der Waals surface area contributed by atoms with Crippen molar-refractivity contribution >= 4 is 18.6 Å². The molecule has 54 heavy (non-hydrogen) atoms. The highest BCUT2D eigenvalue weighted by molar-refractivity contribution is 5.73. The van der Waals surface area contributed by atoms with Crippen LogP contribution in [0.3, 0.4) is 0 Å². The van der Waals surface area contributed by atoms with Gasteiger partial charge in [0, 0.05) is 40.2 Å². The first-order chi connectivity index (χ1) is 25.8. The number of rotatable bonds is 24. The van der Waals surface area contributed by atoms with Gasteiger partial charge in [-0.25, -0.2) is 13.2 Å². The SMILES string of the molecule is C=N.CC(=O)NCC1CC(O)C(O)CO1.CCC(C)/C(=C\NCCOCCOCCOCCOCCC(=O)Oc1c(F)c(F)c(F)c(F)c1F)CCOC. The van der Waals surface area contributed by atoms with Gasteiger partial charge < -0.3 is 59.4 Å². The fraction of sp³-hybridized carbons (Fsp3) is 0.686. The van der Waals surface area contributed by atoms with E-state index in [4.69, 9.17) is 38.9 Å². The minimum absolute atomic E-state index is 0.102. The number of hydrogen-bond acceptors (Lipinski definition) is 13. The number of nitrogens with one attached hydrogen (secondary N) is 3. The molecule has 0 radical (unpaired) electrons. The molecular formula is C35H56F5N3O11. The van der Waals surface area contributed by atoms with Crippen molar-refractivity contribution in [1.29, 1.82) is 5.41 Å². The summed E-state index contributed by atoms with van der Waals surface area (Å²) in [6.45, 7) is 12.3. The van der Waals surface area contributed by atoms with E-state index in [1.165, 1.54) is 12.5 Å². The average Bonchev–Trinajstić information content (AvgIpc) is 3.17. The van der Waals surface area contributed by atoms with Crippen LogP contribution in [0.5, 0.6) is 5.75 Å². The van der Waals surface area contributed by atoms with Gasteiger partial charge in [0.15, 0.2) is 0 Å². The fourth-order valence-electron chi connectivity index (χ4n) is 4.27. The maximum atomic E-state index is 13.5. The van der Waals surface area contributed by atoms with E-state index < -0.39 is 59.4 Å². The molecule has 5 N–H and O–H groups in total. The highest BCUT2D eigenvalue weighted by Gasteiger charge is 2.29. The third-order valence-corrected chi connectivity index (χ3v) is 7.50. The molecule has 0 aliphatic carbocycles. The van der Waals surface area contributed by atoms with Crippen molar-refractivity contribution in [3.05, 3.63) is 40.9 Å². The zero-order chi connectivity index (χ0) is 40.9. The molecule has 4 unspecified atom stereocenters.